The van der Waals surface area contributed by atoms with E-state index in [-0.39, 0.29) is 22.7 Å². The van der Waals surface area contributed by atoms with Crippen LogP contribution in [0.5, 0.6) is 0 Å². The van der Waals surface area contributed by atoms with Gasteiger partial charge in [0.1, 0.15) is 11.5 Å². The van der Waals surface area contributed by atoms with E-state index < -0.39 is 23.4 Å². The van der Waals surface area contributed by atoms with Crippen LogP contribution in [-0.4, -0.2) is 15.6 Å². The van der Waals surface area contributed by atoms with Gasteiger partial charge in [0.2, 0.25) is 0 Å². The monoisotopic (exact) mass is 347 g/mol. The first-order chi connectivity index (χ1) is 11.7. The smallest absolute Gasteiger partial charge is 0.352 e. The van der Waals surface area contributed by atoms with E-state index in [1.165, 1.54) is 10.6 Å². The number of aromatic nitrogens is 1. The first-order valence-corrected chi connectivity index (χ1v) is 7.73. The minimum absolute atomic E-state index is 0.0785. The molecule has 25 heavy (non-hydrogen) atoms. The molecule has 0 aliphatic rings. The fourth-order valence-electron chi connectivity index (χ4n) is 3.35. The molecule has 0 spiro atoms. The van der Waals surface area contributed by atoms with Crippen LogP contribution in [0.2, 0.25) is 0 Å². The number of fused-ring (bicyclic) bond motifs is 1. The van der Waals surface area contributed by atoms with Crippen molar-refractivity contribution in [1.82, 2.24) is 4.57 Å². The Labute approximate surface area is 142 Å². The minimum Gasteiger partial charge on any atom is -0.477 e. The normalized spacial score (nSPS) is 11.5. The van der Waals surface area contributed by atoms with Gasteiger partial charge in [-0.25, -0.2) is 18.0 Å². The van der Waals surface area contributed by atoms with Gasteiger partial charge in [-0.1, -0.05) is 32.0 Å². The molecule has 0 radical (unpaired) electrons. The largest absolute Gasteiger partial charge is 0.477 e. The molecule has 0 bridgehead atoms. The van der Waals surface area contributed by atoms with Gasteiger partial charge in [0.05, 0.1) is 5.52 Å². The van der Waals surface area contributed by atoms with E-state index in [1.54, 1.807) is 19.2 Å². The molecule has 0 atom stereocenters. The Morgan fingerprint density at radius 3 is 2.40 bits per heavy atom. The van der Waals surface area contributed by atoms with E-state index in [9.17, 15) is 23.1 Å². The molecule has 0 fully saturated rings. The maximum absolute atomic E-state index is 14.3. The fourth-order valence-corrected chi connectivity index (χ4v) is 3.35. The highest BCUT2D eigenvalue weighted by Crippen LogP contribution is 2.38. The second-order valence-electron chi connectivity index (χ2n) is 6.23. The summed E-state index contributed by atoms with van der Waals surface area (Å²) < 4.78 is 43.0. The van der Waals surface area contributed by atoms with Crippen LogP contribution >= 0.6 is 0 Å². The van der Waals surface area contributed by atoms with Gasteiger partial charge in [-0.05, 0) is 17.5 Å². The molecular weight excluding hydrogens is 331 g/mol. The van der Waals surface area contributed by atoms with Gasteiger partial charge in [-0.3, -0.25) is 0 Å². The molecule has 0 unspecified atom stereocenters. The molecule has 130 valence electrons. The molecule has 3 nitrogen and oxygen atoms in total. The summed E-state index contributed by atoms with van der Waals surface area (Å²) in [5.74, 6) is -4.57. The third kappa shape index (κ3) is 2.58. The number of aryl methyl sites for hydroxylation is 1. The van der Waals surface area contributed by atoms with Crippen molar-refractivity contribution in [2.75, 3.05) is 0 Å². The highest BCUT2D eigenvalue weighted by molar-refractivity contribution is 6.04. The number of aromatic carboxylic acids is 1. The predicted molar refractivity (Wildman–Crippen MR) is 89.3 cm³/mol. The van der Waals surface area contributed by atoms with Crippen molar-refractivity contribution in [2.45, 2.75) is 19.8 Å². The summed E-state index contributed by atoms with van der Waals surface area (Å²) in [6.07, 6.45) is 0. The quantitative estimate of drug-likeness (QED) is 0.671. The Bertz CT molecular complexity index is 1010. The number of para-hydroxylation sites is 1. The maximum Gasteiger partial charge on any atom is 0.352 e. The minimum atomic E-state index is -1.29. The van der Waals surface area contributed by atoms with Crippen LogP contribution in [0.15, 0.2) is 30.3 Å². The molecule has 0 aliphatic carbocycles. The van der Waals surface area contributed by atoms with Gasteiger partial charge in [-0.15, -0.1) is 0 Å². The van der Waals surface area contributed by atoms with Gasteiger partial charge in [0.25, 0.3) is 0 Å². The second kappa shape index (κ2) is 5.95. The van der Waals surface area contributed by atoms with Crippen molar-refractivity contribution in [3.8, 4) is 11.1 Å². The van der Waals surface area contributed by atoms with Crippen molar-refractivity contribution in [3.63, 3.8) is 0 Å². The van der Waals surface area contributed by atoms with Crippen molar-refractivity contribution in [3.05, 3.63) is 59.0 Å². The summed E-state index contributed by atoms with van der Waals surface area (Å²) in [5.41, 5.74) is 1.10. The van der Waals surface area contributed by atoms with Crippen LogP contribution in [0.1, 0.15) is 35.8 Å². The van der Waals surface area contributed by atoms with E-state index >= 15 is 0 Å². The maximum atomic E-state index is 14.3. The molecule has 1 aromatic heterocycles. The zero-order valence-electron chi connectivity index (χ0n) is 13.9. The van der Waals surface area contributed by atoms with Crippen LogP contribution in [0.3, 0.4) is 0 Å². The van der Waals surface area contributed by atoms with Gasteiger partial charge in [0, 0.05) is 29.6 Å². The first kappa shape index (κ1) is 17.1. The molecule has 1 heterocycles. The lowest BCUT2D eigenvalue weighted by Gasteiger charge is -2.09. The number of hydrogen-bond donors (Lipinski definition) is 1. The fraction of sp³-hybridized carbons (Fsp3) is 0.211. The molecule has 3 rings (SSSR count). The summed E-state index contributed by atoms with van der Waals surface area (Å²) in [5, 5.41) is 10.2. The van der Waals surface area contributed by atoms with Gasteiger partial charge in [-0.2, -0.15) is 0 Å². The third-order valence-corrected chi connectivity index (χ3v) is 4.32. The molecule has 1 N–H and O–H groups in total. The molecule has 2 aromatic carbocycles. The van der Waals surface area contributed by atoms with Crippen LogP contribution in [0, 0.1) is 17.5 Å². The number of rotatable bonds is 3. The van der Waals surface area contributed by atoms with Crippen LogP contribution in [-0.2, 0) is 7.05 Å². The van der Waals surface area contributed by atoms with Crippen molar-refractivity contribution < 1.29 is 23.1 Å². The van der Waals surface area contributed by atoms with Gasteiger partial charge in [0.15, 0.2) is 11.6 Å². The molecule has 0 aliphatic heterocycles. The number of benzene rings is 2. The average Bonchev–Trinajstić information content (AvgIpc) is 2.84. The lowest BCUT2D eigenvalue weighted by molar-refractivity contribution is 0.0685. The number of nitrogens with zero attached hydrogens (tertiary/aromatic N) is 1. The summed E-state index contributed by atoms with van der Waals surface area (Å²) in [6, 6.07) is 6.27. The third-order valence-electron chi connectivity index (χ3n) is 4.32. The molecular formula is C19H16F3NO2. The Balaban J connectivity index is 2.48. The van der Waals surface area contributed by atoms with E-state index in [2.05, 4.69) is 0 Å². The SMILES string of the molecule is CC(C)c1c(C(=O)O)n(C)c2c(-c3cc(F)cc(F)c3F)cccc12. The Hall–Kier alpha value is -2.76. The highest BCUT2D eigenvalue weighted by Gasteiger charge is 2.25. The zero-order chi connectivity index (χ0) is 18.5. The lowest BCUT2D eigenvalue weighted by Crippen LogP contribution is -2.08. The van der Waals surface area contributed by atoms with Gasteiger partial charge >= 0.3 is 5.97 Å². The number of carboxylic acid groups (broad SMARTS) is 1. The van der Waals surface area contributed by atoms with Crippen LogP contribution in [0.25, 0.3) is 22.0 Å². The number of halogens is 3. The summed E-state index contributed by atoms with van der Waals surface area (Å²) in [4.78, 5) is 11.7. The summed E-state index contributed by atoms with van der Waals surface area (Å²) >= 11 is 0. The summed E-state index contributed by atoms with van der Waals surface area (Å²) in [6.45, 7) is 3.71. The summed E-state index contributed by atoms with van der Waals surface area (Å²) in [7, 11) is 1.55. The number of carbonyl (C=O) groups is 1. The predicted octanol–water partition coefficient (Wildman–Crippen LogP) is 5.08. The second-order valence-corrected chi connectivity index (χ2v) is 6.23. The number of hydrogen-bond acceptors (Lipinski definition) is 1. The van der Waals surface area contributed by atoms with E-state index in [4.69, 9.17) is 0 Å². The van der Waals surface area contributed by atoms with E-state index in [1.807, 2.05) is 13.8 Å². The lowest BCUT2D eigenvalue weighted by atomic mass is 9.96. The molecule has 3 aromatic rings. The van der Waals surface area contributed by atoms with Crippen molar-refractivity contribution in [2.24, 2.45) is 7.05 Å². The molecule has 0 amide bonds. The highest BCUT2D eigenvalue weighted by atomic mass is 19.2. The topological polar surface area (TPSA) is 42.2 Å². The van der Waals surface area contributed by atoms with E-state index in [0.717, 1.165) is 6.07 Å². The Morgan fingerprint density at radius 1 is 1.12 bits per heavy atom. The molecule has 0 saturated heterocycles. The van der Waals surface area contributed by atoms with Crippen LogP contribution < -0.4 is 0 Å². The molecule has 6 heteroatoms. The van der Waals surface area contributed by atoms with Crippen molar-refractivity contribution in [1.29, 1.82) is 0 Å². The first-order valence-electron chi connectivity index (χ1n) is 7.73. The molecule has 0 saturated carbocycles. The number of carboxylic acids is 1. The Kier molecular flexibility index (Phi) is 4.06. The Morgan fingerprint density at radius 2 is 1.80 bits per heavy atom. The zero-order valence-corrected chi connectivity index (χ0v) is 13.9. The van der Waals surface area contributed by atoms with Crippen molar-refractivity contribution >= 4 is 16.9 Å². The van der Waals surface area contributed by atoms with E-state index in [0.29, 0.717) is 22.5 Å². The van der Waals surface area contributed by atoms with Crippen LogP contribution in [0.4, 0.5) is 13.2 Å². The van der Waals surface area contributed by atoms with Gasteiger partial charge < -0.3 is 9.67 Å². The average molecular weight is 347 g/mol. The standard InChI is InChI=1S/C19H16F3NO2/c1-9(2)15-12-6-4-5-11(17(12)23(3)18(15)19(24)25)13-7-10(20)8-14(21)16(13)22/h4-9H,1-3H3,(H,24,25).